The van der Waals surface area contributed by atoms with Crippen LogP contribution in [-0.4, -0.2) is 35.5 Å². The maximum absolute atomic E-state index is 11.9. The summed E-state index contributed by atoms with van der Waals surface area (Å²) < 4.78 is 5.58. The second-order valence-electron chi connectivity index (χ2n) is 6.00. The highest BCUT2D eigenvalue weighted by molar-refractivity contribution is 5.91. The number of benzene rings is 1. The molecule has 2 aromatic rings. The van der Waals surface area contributed by atoms with Crippen LogP contribution < -0.4 is 4.74 Å². The molecule has 0 spiro atoms. The molecular formula is C19H26N2O2. The number of nitrogens with zero attached hydrogens (tertiary/aromatic N) is 1. The van der Waals surface area contributed by atoms with Gasteiger partial charge in [-0.05, 0) is 30.7 Å². The zero-order valence-electron chi connectivity index (χ0n) is 14.3. The molecule has 4 nitrogen and oxygen atoms in total. The zero-order chi connectivity index (χ0) is 16.8. The molecule has 1 heterocycles. The summed E-state index contributed by atoms with van der Waals surface area (Å²) in [6.45, 7) is 12.5. The number of fused-ring (bicyclic) bond motifs is 1. The highest BCUT2D eigenvalue weighted by Gasteiger charge is 2.15. The van der Waals surface area contributed by atoms with Gasteiger partial charge in [0.05, 0.1) is 5.92 Å². The average Bonchev–Trinajstić information content (AvgIpc) is 2.95. The smallest absolute Gasteiger partial charge is 0.313 e. The Labute approximate surface area is 138 Å². The summed E-state index contributed by atoms with van der Waals surface area (Å²) >= 11 is 0. The largest absolute Gasteiger partial charge is 0.426 e. The second kappa shape index (κ2) is 7.97. The van der Waals surface area contributed by atoms with E-state index in [9.17, 15) is 4.79 Å². The molecule has 0 amide bonds. The molecular weight excluding hydrogens is 288 g/mol. The van der Waals surface area contributed by atoms with Crippen LogP contribution in [-0.2, 0) is 11.2 Å². The maximum atomic E-state index is 11.9. The Bertz CT molecular complexity index is 673. The fourth-order valence-corrected chi connectivity index (χ4v) is 2.57. The van der Waals surface area contributed by atoms with Crippen molar-refractivity contribution < 1.29 is 9.53 Å². The van der Waals surface area contributed by atoms with Crippen molar-refractivity contribution in [1.29, 1.82) is 0 Å². The van der Waals surface area contributed by atoms with Crippen molar-refractivity contribution in [3.05, 3.63) is 42.6 Å². The van der Waals surface area contributed by atoms with E-state index in [-0.39, 0.29) is 11.9 Å². The van der Waals surface area contributed by atoms with E-state index in [1.807, 2.05) is 44.3 Å². The molecule has 0 unspecified atom stereocenters. The van der Waals surface area contributed by atoms with E-state index in [4.69, 9.17) is 4.74 Å². The van der Waals surface area contributed by atoms with Crippen molar-refractivity contribution in [3.63, 3.8) is 0 Å². The molecule has 0 aliphatic carbocycles. The van der Waals surface area contributed by atoms with Gasteiger partial charge in [0.2, 0.25) is 0 Å². The standard InChI is InChI=1S/C19H26N2O2/c1-5-11-21(6-2)12-10-15-13-20-16-8-7-9-17(18(15)16)23-19(22)14(3)4/h5,7-9,13-14,20H,1,6,10-12H2,2-4H3. The third-order valence-corrected chi connectivity index (χ3v) is 3.96. The van der Waals surface area contributed by atoms with Gasteiger partial charge in [-0.25, -0.2) is 0 Å². The number of hydrogen-bond acceptors (Lipinski definition) is 3. The Balaban J connectivity index is 2.23. The molecule has 1 aromatic heterocycles. The number of nitrogens with one attached hydrogen (secondary N) is 1. The number of hydrogen-bond donors (Lipinski definition) is 1. The summed E-state index contributed by atoms with van der Waals surface area (Å²) in [6, 6.07) is 5.77. The lowest BCUT2D eigenvalue weighted by Crippen LogP contribution is -2.25. The highest BCUT2D eigenvalue weighted by atomic mass is 16.5. The third-order valence-electron chi connectivity index (χ3n) is 3.96. The van der Waals surface area contributed by atoms with E-state index >= 15 is 0 Å². The summed E-state index contributed by atoms with van der Waals surface area (Å²) in [5.74, 6) is 0.298. The summed E-state index contributed by atoms with van der Waals surface area (Å²) in [4.78, 5) is 17.5. The first-order chi connectivity index (χ1) is 11.1. The van der Waals surface area contributed by atoms with Gasteiger partial charge in [-0.15, -0.1) is 6.58 Å². The molecule has 0 atom stereocenters. The molecule has 0 aliphatic rings. The molecule has 0 bridgehead atoms. The van der Waals surface area contributed by atoms with E-state index in [1.54, 1.807) is 0 Å². The van der Waals surface area contributed by atoms with Crippen LogP contribution >= 0.6 is 0 Å². The monoisotopic (exact) mass is 314 g/mol. The maximum Gasteiger partial charge on any atom is 0.313 e. The van der Waals surface area contributed by atoms with Crippen molar-refractivity contribution in [3.8, 4) is 5.75 Å². The Kier molecular flexibility index (Phi) is 5.99. The Morgan fingerprint density at radius 3 is 2.87 bits per heavy atom. The average molecular weight is 314 g/mol. The fraction of sp³-hybridized carbons (Fsp3) is 0.421. The topological polar surface area (TPSA) is 45.3 Å². The first-order valence-corrected chi connectivity index (χ1v) is 8.20. The van der Waals surface area contributed by atoms with Crippen LogP contribution in [0.25, 0.3) is 10.9 Å². The van der Waals surface area contributed by atoms with Crippen LogP contribution in [0.15, 0.2) is 37.1 Å². The lowest BCUT2D eigenvalue weighted by molar-refractivity contribution is -0.137. The van der Waals surface area contributed by atoms with Crippen LogP contribution in [0, 0.1) is 5.92 Å². The van der Waals surface area contributed by atoms with Crippen molar-refractivity contribution in [2.24, 2.45) is 5.92 Å². The Morgan fingerprint density at radius 2 is 2.22 bits per heavy atom. The molecule has 0 fully saturated rings. The minimum Gasteiger partial charge on any atom is -0.426 e. The number of esters is 1. The lowest BCUT2D eigenvalue weighted by Gasteiger charge is -2.18. The molecule has 1 N–H and O–H groups in total. The van der Waals surface area contributed by atoms with Gasteiger partial charge in [-0.3, -0.25) is 9.69 Å². The number of rotatable bonds is 8. The Morgan fingerprint density at radius 1 is 1.43 bits per heavy atom. The van der Waals surface area contributed by atoms with Crippen molar-refractivity contribution in [2.45, 2.75) is 27.2 Å². The third kappa shape index (κ3) is 4.23. The lowest BCUT2D eigenvalue weighted by atomic mass is 10.1. The SMILES string of the molecule is C=CCN(CC)CCc1c[nH]c2cccc(OC(=O)C(C)C)c12. The van der Waals surface area contributed by atoms with Crippen molar-refractivity contribution in [2.75, 3.05) is 19.6 Å². The summed E-state index contributed by atoms with van der Waals surface area (Å²) in [5.41, 5.74) is 2.18. The molecule has 0 radical (unpaired) electrons. The number of aromatic nitrogens is 1. The van der Waals surface area contributed by atoms with Crippen molar-refractivity contribution in [1.82, 2.24) is 9.88 Å². The van der Waals surface area contributed by atoms with E-state index in [1.165, 1.54) is 5.56 Å². The predicted octanol–water partition coefficient (Wildman–Crippen LogP) is 3.78. The van der Waals surface area contributed by atoms with E-state index in [0.717, 1.165) is 37.0 Å². The van der Waals surface area contributed by atoms with Gasteiger partial charge in [0.1, 0.15) is 5.75 Å². The Hall–Kier alpha value is -2.07. The van der Waals surface area contributed by atoms with Gasteiger partial charge >= 0.3 is 5.97 Å². The molecule has 4 heteroatoms. The van der Waals surface area contributed by atoms with Crippen molar-refractivity contribution >= 4 is 16.9 Å². The predicted molar refractivity (Wildman–Crippen MR) is 94.8 cm³/mol. The number of likely N-dealkylation sites (N-methyl/N-ethyl adjacent to an activating group) is 1. The summed E-state index contributed by atoms with van der Waals surface area (Å²) in [5, 5.41) is 1.01. The first-order valence-electron chi connectivity index (χ1n) is 8.20. The van der Waals surface area contributed by atoms with Gasteiger partial charge in [0.25, 0.3) is 0 Å². The highest BCUT2D eigenvalue weighted by Crippen LogP contribution is 2.29. The zero-order valence-corrected chi connectivity index (χ0v) is 14.3. The van der Waals surface area contributed by atoms with Crippen LogP contribution in [0.5, 0.6) is 5.75 Å². The normalized spacial score (nSPS) is 11.3. The molecule has 0 aliphatic heterocycles. The van der Waals surface area contributed by atoms with Gasteiger partial charge in [-0.1, -0.05) is 32.9 Å². The molecule has 0 saturated heterocycles. The number of carbonyl (C=O) groups is 1. The van der Waals surface area contributed by atoms with Gasteiger partial charge in [-0.2, -0.15) is 0 Å². The van der Waals surface area contributed by atoms with Crippen LogP contribution in [0.2, 0.25) is 0 Å². The minimum atomic E-state index is -0.202. The van der Waals surface area contributed by atoms with E-state index in [0.29, 0.717) is 5.75 Å². The number of H-pyrrole nitrogens is 1. The second-order valence-corrected chi connectivity index (χ2v) is 6.00. The quantitative estimate of drug-likeness (QED) is 0.458. The molecule has 0 saturated carbocycles. The first kappa shape index (κ1) is 17.3. The number of ether oxygens (including phenoxy) is 1. The fourth-order valence-electron chi connectivity index (χ4n) is 2.57. The summed E-state index contributed by atoms with van der Waals surface area (Å²) in [7, 11) is 0. The minimum absolute atomic E-state index is 0.143. The van der Waals surface area contributed by atoms with Crippen LogP contribution in [0.4, 0.5) is 0 Å². The van der Waals surface area contributed by atoms with Gasteiger partial charge in [0.15, 0.2) is 0 Å². The molecule has 1 aromatic carbocycles. The number of carbonyl (C=O) groups excluding carboxylic acids is 1. The van der Waals surface area contributed by atoms with E-state index < -0.39 is 0 Å². The molecule has 124 valence electrons. The van der Waals surface area contributed by atoms with Crippen LogP contribution in [0.1, 0.15) is 26.3 Å². The molecule has 2 rings (SSSR count). The van der Waals surface area contributed by atoms with Crippen LogP contribution in [0.3, 0.4) is 0 Å². The van der Waals surface area contributed by atoms with Gasteiger partial charge in [0, 0.05) is 30.2 Å². The van der Waals surface area contributed by atoms with E-state index in [2.05, 4.69) is 23.4 Å². The van der Waals surface area contributed by atoms with Gasteiger partial charge < -0.3 is 9.72 Å². The number of aromatic amines is 1. The molecule has 23 heavy (non-hydrogen) atoms. The summed E-state index contributed by atoms with van der Waals surface area (Å²) in [6.07, 6.45) is 4.84.